The molecule has 12 heterocycles. The van der Waals surface area contributed by atoms with Crippen molar-refractivity contribution in [1.29, 1.82) is 0 Å². The molecule has 12 fully saturated rings. The number of fused-ring (bicyclic) bond motifs is 8. The molecule has 12 saturated heterocycles. The predicted molar refractivity (Wildman–Crippen MR) is 473 cm³/mol. The van der Waals surface area contributed by atoms with E-state index in [1.165, 1.54) is 161 Å². The molecule has 12 rings (SSSR count). The van der Waals surface area contributed by atoms with Crippen molar-refractivity contribution in [2.45, 2.75) is 340 Å². The van der Waals surface area contributed by atoms with Crippen LogP contribution in [0.2, 0.25) is 0 Å². The van der Waals surface area contributed by atoms with E-state index in [1.807, 2.05) is 26.5 Å². The Balaban J connectivity index is 0.000000187. The van der Waals surface area contributed by atoms with Gasteiger partial charge in [0.1, 0.15) is 0 Å². The second-order valence-electron chi connectivity index (χ2n) is 37.5. The smallest absolute Gasteiger partial charge is 0.312 e. The Morgan fingerprint density at radius 2 is 0.438 bits per heavy atom. The highest BCUT2D eigenvalue weighted by molar-refractivity contribution is 5.90. The van der Waals surface area contributed by atoms with Crippen LogP contribution in [-0.4, -0.2) is 295 Å². The Bertz CT molecular complexity index is 3080. The van der Waals surface area contributed by atoms with E-state index < -0.39 is 23.7 Å². The first-order valence-electron chi connectivity index (χ1n) is 49.4. The lowest BCUT2D eigenvalue weighted by atomic mass is 9.78. The first-order chi connectivity index (χ1) is 59.0. The minimum atomic E-state index is -0.421. The number of carbonyl (C=O) groups is 8. The van der Waals surface area contributed by atoms with Gasteiger partial charge in [0, 0.05) is 105 Å². The van der Waals surface area contributed by atoms with E-state index in [9.17, 15) is 38.4 Å². The van der Waals surface area contributed by atoms with Gasteiger partial charge >= 0.3 is 23.9 Å². The molecule has 24 nitrogen and oxygen atoms in total. The highest BCUT2D eigenvalue weighted by atomic mass is 16.6. The number of hydrogen-bond acceptors (Lipinski definition) is 20. The molecule has 12 aliphatic rings. The van der Waals surface area contributed by atoms with Crippen LogP contribution in [0.1, 0.15) is 291 Å². The van der Waals surface area contributed by atoms with E-state index in [2.05, 4.69) is 92.9 Å². The van der Waals surface area contributed by atoms with Crippen LogP contribution in [0, 0.1) is 47.3 Å². The van der Waals surface area contributed by atoms with E-state index in [4.69, 9.17) is 37.9 Å². The zero-order valence-electron chi connectivity index (χ0n) is 76.8. The van der Waals surface area contributed by atoms with Crippen molar-refractivity contribution in [3.8, 4) is 0 Å². The monoisotopic (exact) mass is 1700 g/mol. The number of ether oxygens (including phenoxy) is 8. The highest BCUT2D eigenvalue weighted by Crippen LogP contribution is 2.49. The zero-order chi connectivity index (χ0) is 86.1. The van der Waals surface area contributed by atoms with Crippen molar-refractivity contribution in [3.05, 3.63) is 24.3 Å². The summed E-state index contributed by atoms with van der Waals surface area (Å²) in [7, 11) is 8.30. The van der Waals surface area contributed by atoms with E-state index in [-0.39, 0.29) is 120 Å². The third-order valence-electron chi connectivity index (χ3n) is 28.1. The van der Waals surface area contributed by atoms with Crippen LogP contribution in [0.4, 0.5) is 0 Å². The molecule has 24 heteroatoms. The van der Waals surface area contributed by atoms with Crippen LogP contribution < -0.4 is 0 Å². The third-order valence-corrected chi connectivity index (χ3v) is 28.1. The third kappa shape index (κ3) is 31.4. The van der Waals surface area contributed by atoms with Crippen LogP contribution in [0.5, 0.6) is 0 Å². The molecule has 0 aromatic rings. The first kappa shape index (κ1) is 99.7. The highest BCUT2D eigenvalue weighted by Gasteiger charge is 2.61. The van der Waals surface area contributed by atoms with Crippen molar-refractivity contribution >= 4 is 47.5 Å². The maximum Gasteiger partial charge on any atom is 0.312 e. The molecule has 0 saturated carbocycles. The van der Waals surface area contributed by atoms with Crippen LogP contribution in [-0.2, 0) is 76.3 Å². The maximum atomic E-state index is 13.3. The largest absolute Gasteiger partial charge is 0.465 e. The zero-order valence-corrected chi connectivity index (χ0v) is 76.8. The molecular weight excluding hydrogens is 1530 g/mol. The first-order valence-corrected chi connectivity index (χ1v) is 49.4. The van der Waals surface area contributed by atoms with Gasteiger partial charge in [0.05, 0.1) is 123 Å². The molecule has 690 valence electrons. The van der Waals surface area contributed by atoms with E-state index >= 15 is 0 Å². The summed E-state index contributed by atoms with van der Waals surface area (Å²) in [6.07, 6.45) is 55.8. The molecule has 0 aromatic heterocycles. The minimum Gasteiger partial charge on any atom is -0.465 e. The number of carbonyl (C=O) groups excluding carboxylic acids is 8. The van der Waals surface area contributed by atoms with Crippen LogP contribution >= 0.6 is 0 Å². The Morgan fingerprint density at radius 3 is 0.678 bits per heavy atom. The van der Waals surface area contributed by atoms with Gasteiger partial charge in [-0.2, -0.15) is 0 Å². The van der Waals surface area contributed by atoms with Gasteiger partial charge in [-0.1, -0.05) is 206 Å². The molecule has 0 spiro atoms. The normalized spacial score (nSPS) is 28.8. The molecule has 8 bridgehead atoms. The number of hydrogen-bond donors (Lipinski definition) is 0. The van der Waals surface area contributed by atoms with Gasteiger partial charge in [0.15, 0.2) is 0 Å². The lowest BCUT2D eigenvalue weighted by molar-refractivity contribution is -0.156. The summed E-state index contributed by atoms with van der Waals surface area (Å²) >= 11 is 0. The fourth-order valence-corrected chi connectivity index (χ4v) is 20.5. The van der Waals surface area contributed by atoms with E-state index in [1.54, 1.807) is 0 Å². The summed E-state index contributed by atoms with van der Waals surface area (Å²) < 4.78 is 46.1. The van der Waals surface area contributed by atoms with E-state index in [0.29, 0.717) is 26.4 Å². The molecule has 16 unspecified atom stereocenters. The summed E-state index contributed by atoms with van der Waals surface area (Å²) in [4.78, 5) is 120. The van der Waals surface area contributed by atoms with Gasteiger partial charge in [-0.25, -0.2) is 0 Å². The fraction of sp³-hybridized carbons (Fsp3) is 0.876. The molecule has 0 radical (unpaired) electrons. The summed E-state index contributed by atoms with van der Waals surface area (Å²) in [6, 6.07) is 0. The molecule has 16 atom stereocenters. The number of allylic oxidation sites excluding steroid dienone is 4. The standard InChI is InChI=1S/C31H52N2O4.C30H54N2O4.C20H34N2O4.C16H26N2O4/c1-3-4-5-6-7-8-9-10-11-12-13-14-15-16-17-18-25-36-31(35)29-27-20-19-26(37-27)28(29)30(34)33-23-21-32(2)22-24-33;1-3-4-5-6-7-8-9-10-11-12-13-14-15-16-17-24-35-30(34)28-26-19-18-25(36-26)27(28)29(33)32-22-20-31(2)21-23-32;1-3-4-5-6-7-14-25-20(24)18-16-9-8-15(26-16)17(18)19(23)22-12-10-21(2)11-13-22;1-3-10-21-16(20)14-12-5-4-11(22-12)13(14)15(19)18-8-6-17(2)7-9-18/h7-8,10-11,26-29H,3-6,9,12-25H2,1-2H3;25-28H,3-24H2,1-2H3;15-18H,3-14H2,1-2H3;11-14H,3-10H2,1-2H3/b8-7+,11-10+;;;. The molecule has 12 aliphatic heterocycles. The Labute approximate surface area is 730 Å². The molecule has 4 amide bonds. The van der Waals surface area contributed by atoms with Gasteiger partial charge < -0.3 is 77.1 Å². The molecule has 0 N–H and O–H groups in total. The van der Waals surface area contributed by atoms with Gasteiger partial charge in [0.2, 0.25) is 23.6 Å². The summed E-state index contributed by atoms with van der Waals surface area (Å²) in [5.41, 5.74) is 0. The van der Waals surface area contributed by atoms with E-state index in [0.717, 1.165) is 207 Å². The Morgan fingerprint density at radius 1 is 0.240 bits per heavy atom. The van der Waals surface area contributed by atoms with Crippen LogP contribution in [0.3, 0.4) is 0 Å². The average Bonchev–Trinajstić information content (AvgIpc) is 1.64. The molecular formula is C97H166N8O16. The van der Waals surface area contributed by atoms with Crippen molar-refractivity contribution in [1.82, 2.24) is 39.2 Å². The quantitative estimate of drug-likeness (QED) is 0.0238. The number of likely N-dealkylation sites (N-methyl/N-ethyl adjacent to an activating group) is 4. The number of unbranched alkanes of at least 4 members (excludes halogenated alkanes) is 27. The van der Waals surface area contributed by atoms with Crippen molar-refractivity contribution < 1.29 is 76.3 Å². The number of nitrogens with zero attached hydrogens (tertiary/aromatic N) is 8. The Hall–Kier alpha value is -5.08. The lowest BCUT2D eigenvalue weighted by Gasteiger charge is -2.36. The number of piperazine rings is 4. The topological polar surface area (TPSA) is 236 Å². The second kappa shape index (κ2) is 55.5. The summed E-state index contributed by atoms with van der Waals surface area (Å²) in [5, 5.41) is 0. The number of esters is 4. The second-order valence-corrected chi connectivity index (χ2v) is 37.5. The molecule has 121 heavy (non-hydrogen) atoms. The lowest BCUT2D eigenvalue weighted by Crippen LogP contribution is -2.52. The SMILES string of the molecule is CCCCC/C=C/C/C=C/CCCCCCCCOC(=O)C1C2CCC(O2)C1C(=O)N1CCN(C)CC1.CCCCCCCCCCCCCCCCCOC(=O)C1C2CCC(O2)C1C(=O)N1CCN(C)CC1.CCCCCCCOC(=O)C1C2CCC(O2)C1C(=O)N1CCN(C)CC1.CCCOC(=O)C1C2CCC(O2)C1C(=O)N1CCN(C)CC1. The fourth-order valence-electron chi connectivity index (χ4n) is 20.5. The van der Waals surface area contributed by atoms with Crippen LogP contribution in [0.25, 0.3) is 0 Å². The maximum absolute atomic E-state index is 13.3. The van der Waals surface area contributed by atoms with Crippen molar-refractivity contribution in [2.75, 3.05) is 159 Å². The van der Waals surface area contributed by atoms with Gasteiger partial charge in [-0.15, -0.1) is 0 Å². The predicted octanol–water partition coefficient (Wildman–Crippen LogP) is 14.5. The number of rotatable bonds is 47. The number of amides is 4. The minimum absolute atomic E-state index is 0.0822. The summed E-state index contributed by atoms with van der Waals surface area (Å²) in [6.45, 7) is 23.5. The van der Waals surface area contributed by atoms with Crippen molar-refractivity contribution in [3.63, 3.8) is 0 Å². The van der Waals surface area contributed by atoms with Gasteiger partial charge in [-0.3, -0.25) is 38.4 Å². The van der Waals surface area contributed by atoms with Gasteiger partial charge in [0.25, 0.3) is 0 Å². The average molecular weight is 1700 g/mol. The van der Waals surface area contributed by atoms with Crippen LogP contribution in [0.15, 0.2) is 24.3 Å². The summed E-state index contributed by atoms with van der Waals surface area (Å²) in [5.74, 6) is -3.56. The van der Waals surface area contributed by atoms with Gasteiger partial charge in [-0.05, 0) is 137 Å². The van der Waals surface area contributed by atoms with Crippen molar-refractivity contribution in [2.24, 2.45) is 47.3 Å². The Kier molecular flexibility index (Phi) is 45.7. The molecule has 0 aromatic carbocycles. The molecule has 0 aliphatic carbocycles.